The third-order valence-corrected chi connectivity index (χ3v) is 7.72. The monoisotopic (exact) mass is 602 g/mol. The van der Waals surface area contributed by atoms with Crippen LogP contribution in [-0.2, 0) is 4.79 Å². The van der Waals surface area contributed by atoms with E-state index in [-0.39, 0.29) is 18.4 Å². The van der Waals surface area contributed by atoms with Gasteiger partial charge in [-0.2, -0.15) is 18.3 Å². The molecule has 0 radical (unpaired) electrons. The summed E-state index contributed by atoms with van der Waals surface area (Å²) in [6.07, 6.45) is -1.77. The van der Waals surface area contributed by atoms with Gasteiger partial charge in [-0.1, -0.05) is 25.4 Å². The number of benzene rings is 1. The van der Waals surface area contributed by atoms with Gasteiger partial charge >= 0.3 is 6.18 Å². The number of hydrogen-bond donors (Lipinski definition) is 0. The number of piperidine rings is 1. The molecule has 3 heterocycles. The summed E-state index contributed by atoms with van der Waals surface area (Å²) in [5.41, 5.74) is 0.414. The lowest BCUT2D eigenvalue weighted by Gasteiger charge is -2.38. The summed E-state index contributed by atoms with van der Waals surface area (Å²) in [4.78, 5) is 17.5. The number of carbonyl (C=O) groups excluding carboxylic acids is 1. The maximum Gasteiger partial charge on any atom is 0.431 e. The molecule has 2 aromatic rings. The van der Waals surface area contributed by atoms with Crippen LogP contribution in [-0.4, -0.2) is 55.5 Å². The number of hydrazone groups is 1. The van der Waals surface area contributed by atoms with Gasteiger partial charge in [0.05, 0.1) is 40.2 Å². The molecule has 12 heteroatoms. The zero-order chi connectivity index (χ0) is 26.9. The van der Waals surface area contributed by atoms with E-state index in [1.807, 2.05) is 6.07 Å². The topological polar surface area (TPSA) is 67.3 Å². The number of halogens is 5. The van der Waals surface area contributed by atoms with Gasteiger partial charge in [0, 0.05) is 43.8 Å². The Bertz CT molecular complexity index is 1180. The van der Waals surface area contributed by atoms with Crippen LogP contribution in [0.2, 0.25) is 5.02 Å². The molecule has 0 bridgehead atoms. The summed E-state index contributed by atoms with van der Waals surface area (Å²) in [6, 6.07) is 6.15. The van der Waals surface area contributed by atoms with Crippen LogP contribution in [0.5, 0.6) is 11.6 Å². The highest BCUT2D eigenvalue weighted by atomic mass is 79.9. The maximum atomic E-state index is 13.5. The highest BCUT2D eigenvalue weighted by Crippen LogP contribution is 2.39. The van der Waals surface area contributed by atoms with Crippen molar-refractivity contribution in [1.82, 2.24) is 4.98 Å². The second-order valence-corrected chi connectivity index (χ2v) is 10.5. The number of anilines is 2. The fourth-order valence-electron chi connectivity index (χ4n) is 4.81. The highest BCUT2D eigenvalue weighted by Gasteiger charge is 2.48. The average Bonchev–Trinajstić information content (AvgIpc) is 3.18. The minimum atomic E-state index is -4.56. The highest BCUT2D eigenvalue weighted by molar-refractivity contribution is 9.10. The van der Waals surface area contributed by atoms with Gasteiger partial charge in [-0.05, 0) is 34.1 Å². The Morgan fingerprint density at radius 2 is 2.03 bits per heavy atom. The lowest BCUT2D eigenvalue weighted by Crippen LogP contribution is -2.44. The van der Waals surface area contributed by atoms with Crippen molar-refractivity contribution in [3.63, 3.8) is 0 Å². The first kappa shape index (κ1) is 27.5. The number of alkyl halides is 3. The van der Waals surface area contributed by atoms with Crippen LogP contribution < -0.4 is 19.4 Å². The number of hydrogen-bond acceptors (Lipinski definition) is 7. The van der Waals surface area contributed by atoms with Crippen LogP contribution in [0.15, 0.2) is 40.0 Å². The van der Waals surface area contributed by atoms with Gasteiger partial charge in [0.2, 0.25) is 5.88 Å². The Balaban J connectivity index is 1.48. The molecule has 200 valence electrons. The summed E-state index contributed by atoms with van der Waals surface area (Å²) in [6.45, 7) is 4.96. The van der Waals surface area contributed by atoms with Gasteiger partial charge < -0.3 is 19.2 Å². The van der Waals surface area contributed by atoms with Crippen LogP contribution in [0.4, 0.5) is 24.5 Å². The smallest absolute Gasteiger partial charge is 0.431 e. The van der Waals surface area contributed by atoms with Crippen molar-refractivity contribution in [2.75, 3.05) is 30.1 Å². The van der Waals surface area contributed by atoms with Crippen molar-refractivity contribution in [3.8, 4) is 11.6 Å². The van der Waals surface area contributed by atoms with Crippen LogP contribution in [0.25, 0.3) is 0 Å². The molecule has 1 saturated heterocycles. The zero-order valence-electron chi connectivity index (χ0n) is 20.5. The van der Waals surface area contributed by atoms with Gasteiger partial charge in [0.15, 0.2) is 0 Å². The molecule has 4 rings (SSSR count). The zero-order valence-corrected chi connectivity index (χ0v) is 22.8. The average molecular weight is 604 g/mol. The first-order valence-corrected chi connectivity index (χ1v) is 13.0. The SMILES string of the molecule is COc1cc(N2CC[C@@H](Oc3ccc(N4N=C(C(F)(F)F)C(C)[C@@H]4CC=O)cc3Br)C(C)C2)c(Cl)cn1. The molecule has 2 aliphatic heterocycles. The number of methoxy groups -OCH3 is 1. The Labute approximate surface area is 226 Å². The lowest BCUT2D eigenvalue weighted by atomic mass is 9.95. The Morgan fingerprint density at radius 1 is 1.27 bits per heavy atom. The summed E-state index contributed by atoms with van der Waals surface area (Å²) in [5, 5.41) is 5.67. The van der Waals surface area contributed by atoms with Crippen molar-refractivity contribution >= 4 is 50.9 Å². The predicted molar refractivity (Wildman–Crippen MR) is 140 cm³/mol. The molecule has 37 heavy (non-hydrogen) atoms. The Morgan fingerprint density at radius 3 is 2.65 bits per heavy atom. The fourth-order valence-corrected chi connectivity index (χ4v) is 5.50. The van der Waals surface area contributed by atoms with E-state index >= 15 is 0 Å². The lowest BCUT2D eigenvalue weighted by molar-refractivity contribution is -0.108. The standard InChI is InChI=1S/C25H27BrClF3N4O3/c1-14-13-33(20-11-23(36-3)31-12-18(20)27)8-6-21(14)37-22-5-4-16(10-17(22)26)34-19(7-9-35)15(2)24(32-34)25(28,29)30/h4-5,9-12,14-15,19,21H,6-8,13H2,1-3H3/t14?,15?,19-,21+/m0/s1. The molecule has 1 fully saturated rings. The molecule has 0 amide bonds. The normalized spacial score (nSPS) is 24.2. The summed E-state index contributed by atoms with van der Waals surface area (Å²) in [5.74, 6) is 0.298. The molecule has 0 aliphatic carbocycles. The summed E-state index contributed by atoms with van der Waals surface area (Å²) >= 11 is 9.87. The minimum absolute atomic E-state index is 0.0659. The number of carbonyl (C=O) groups is 1. The van der Waals surface area contributed by atoms with Gasteiger partial charge in [-0.3, -0.25) is 5.01 Å². The predicted octanol–water partition coefficient (Wildman–Crippen LogP) is 6.13. The van der Waals surface area contributed by atoms with Crippen molar-refractivity contribution in [3.05, 3.63) is 40.0 Å². The molecular weight excluding hydrogens is 577 g/mol. The summed E-state index contributed by atoms with van der Waals surface area (Å²) in [7, 11) is 1.56. The van der Waals surface area contributed by atoms with E-state index in [0.29, 0.717) is 46.2 Å². The van der Waals surface area contributed by atoms with Crippen molar-refractivity contribution < 1.29 is 27.4 Å². The quantitative estimate of drug-likeness (QED) is 0.355. The van der Waals surface area contributed by atoms with Gasteiger partial charge in [0.25, 0.3) is 0 Å². The molecule has 1 aromatic carbocycles. The van der Waals surface area contributed by atoms with Crippen molar-refractivity contribution in [2.45, 2.75) is 45.0 Å². The number of pyridine rings is 1. The molecule has 2 aliphatic rings. The number of rotatable bonds is 7. The molecule has 7 nitrogen and oxygen atoms in total. The largest absolute Gasteiger partial charge is 0.489 e. The van der Waals surface area contributed by atoms with Crippen LogP contribution in [0.1, 0.15) is 26.7 Å². The van der Waals surface area contributed by atoms with Crippen molar-refractivity contribution in [2.24, 2.45) is 16.9 Å². The molecule has 0 N–H and O–H groups in total. The van der Waals surface area contributed by atoms with E-state index in [1.54, 1.807) is 31.5 Å². The van der Waals surface area contributed by atoms with Crippen LogP contribution in [0, 0.1) is 11.8 Å². The van der Waals surface area contributed by atoms with E-state index in [4.69, 9.17) is 21.1 Å². The van der Waals surface area contributed by atoms with E-state index in [9.17, 15) is 18.0 Å². The first-order valence-electron chi connectivity index (χ1n) is 11.8. The second kappa shape index (κ2) is 11.1. The number of aromatic nitrogens is 1. The van der Waals surface area contributed by atoms with Gasteiger partial charge in [0.1, 0.15) is 23.9 Å². The molecule has 4 atom stereocenters. The van der Waals surface area contributed by atoms with Crippen LogP contribution in [0.3, 0.4) is 0 Å². The molecular formula is C25H27BrClF3N4O3. The Kier molecular flexibility index (Phi) is 8.23. The first-order chi connectivity index (χ1) is 17.5. The minimum Gasteiger partial charge on any atom is -0.489 e. The molecule has 0 spiro atoms. The number of nitrogens with zero attached hydrogens (tertiary/aromatic N) is 4. The third kappa shape index (κ3) is 5.82. The molecule has 1 aromatic heterocycles. The third-order valence-electron chi connectivity index (χ3n) is 6.81. The fraction of sp³-hybridized carbons (Fsp3) is 0.480. The van der Waals surface area contributed by atoms with Crippen LogP contribution >= 0.6 is 27.5 Å². The molecule has 2 unspecified atom stereocenters. The van der Waals surface area contributed by atoms with Crippen molar-refractivity contribution in [1.29, 1.82) is 0 Å². The summed E-state index contributed by atoms with van der Waals surface area (Å²) < 4.78 is 52.5. The molecule has 0 saturated carbocycles. The van der Waals surface area contributed by atoms with E-state index in [0.717, 1.165) is 12.1 Å². The number of aldehydes is 1. The second-order valence-electron chi connectivity index (χ2n) is 9.25. The maximum absolute atomic E-state index is 13.5. The Hall–Kier alpha value is -2.53. The van der Waals surface area contributed by atoms with Gasteiger partial charge in [-0.25, -0.2) is 4.98 Å². The van der Waals surface area contributed by atoms with E-state index in [1.165, 1.54) is 11.9 Å². The van der Waals surface area contributed by atoms with E-state index in [2.05, 4.69) is 37.8 Å². The van der Waals surface area contributed by atoms with Gasteiger partial charge in [-0.15, -0.1) is 0 Å². The van der Waals surface area contributed by atoms with E-state index < -0.39 is 23.8 Å². The number of ether oxygens (including phenoxy) is 2.